The third-order valence-corrected chi connectivity index (χ3v) is 2.54. The highest BCUT2D eigenvalue weighted by Crippen LogP contribution is 2.14. The second-order valence-corrected chi connectivity index (χ2v) is 4.46. The zero-order chi connectivity index (χ0) is 13.5. The maximum Gasteiger partial charge on any atom is 0.250 e. The van der Waals surface area contributed by atoms with Crippen molar-refractivity contribution in [2.45, 2.75) is 12.8 Å². The number of hydrogen-bond acceptors (Lipinski definition) is 5. The molecule has 0 spiro atoms. The monoisotopic (exact) mass is 251 g/mol. The number of unbranched alkanes of at least 4 members (excludes halogenated alkanes) is 1. The molecule has 0 atom stereocenters. The summed E-state index contributed by atoms with van der Waals surface area (Å²) in [6, 6.07) is 1.59. The molecule has 18 heavy (non-hydrogen) atoms. The molecular weight excluding hydrogens is 230 g/mol. The summed E-state index contributed by atoms with van der Waals surface area (Å²) in [6.45, 7) is 1.87. The predicted molar refractivity (Wildman–Crippen MR) is 73.4 cm³/mol. The molecule has 6 heteroatoms. The smallest absolute Gasteiger partial charge is 0.250 e. The van der Waals surface area contributed by atoms with E-state index in [1.807, 2.05) is 14.1 Å². The maximum atomic E-state index is 11.1. The molecule has 1 amide bonds. The Kier molecular flexibility index (Phi) is 5.38. The summed E-state index contributed by atoms with van der Waals surface area (Å²) in [5.41, 5.74) is 11.4. The number of nitrogen functional groups attached to an aromatic ring is 1. The van der Waals surface area contributed by atoms with Gasteiger partial charge in [0.15, 0.2) is 0 Å². The van der Waals surface area contributed by atoms with Gasteiger partial charge in [0, 0.05) is 6.54 Å². The van der Waals surface area contributed by atoms with Crippen molar-refractivity contribution >= 4 is 17.4 Å². The summed E-state index contributed by atoms with van der Waals surface area (Å²) in [7, 11) is 4.10. The van der Waals surface area contributed by atoms with Crippen LogP contribution in [-0.4, -0.2) is 43.0 Å². The van der Waals surface area contributed by atoms with Crippen LogP contribution in [0.5, 0.6) is 0 Å². The summed E-state index contributed by atoms with van der Waals surface area (Å²) < 4.78 is 0. The molecule has 1 aromatic rings. The van der Waals surface area contributed by atoms with Crippen molar-refractivity contribution in [2.24, 2.45) is 5.73 Å². The normalized spacial score (nSPS) is 10.6. The number of pyridine rings is 1. The Morgan fingerprint density at radius 1 is 1.44 bits per heavy atom. The molecule has 6 nitrogen and oxygen atoms in total. The fraction of sp³-hybridized carbons (Fsp3) is 0.500. The van der Waals surface area contributed by atoms with E-state index in [0.29, 0.717) is 17.1 Å². The highest BCUT2D eigenvalue weighted by molar-refractivity contribution is 5.98. The molecule has 0 saturated heterocycles. The number of aromatic nitrogens is 1. The summed E-state index contributed by atoms with van der Waals surface area (Å²) >= 11 is 0. The van der Waals surface area contributed by atoms with E-state index < -0.39 is 5.91 Å². The maximum absolute atomic E-state index is 11.1. The Morgan fingerprint density at radius 2 is 2.17 bits per heavy atom. The Balaban J connectivity index is 2.43. The van der Waals surface area contributed by atoms with Crippen molar-refractivity contribution in [1.82, 2.24) is 9.88 Å². The number of carbonyl (C=O) groups is 1. The van der Waals surface area contributed by atoms with Gasteiger partial charge in [-0.05, 0) is 39.5 Å². The van der Waals surface area contributed by atoms with Gasteiger partial charge in [-0.15, -0.1) is 0 Å². The van der Waals surface area contributed by atoms with E-state index in [2.05, 4.69) is 15.2 Å². The minimum atomic E-state index is -0.537. The highest BCUT2D eigenvalue weighted by atomic mass is 16.1. The number of anilines is 2. The SMILES string of the molecule is CN(C)CCCCNc1cc(C(N)=O)c(N)cn1. The zero-order valence-corrected chi connectivity index (χ0v) is 10.9. The molecule has 0 fully saturated rings. The van der Waals surface area contributed by atoms with Crippen LogP contribution in [-0.2, 0) is 0 Å². The Labute approximate surface area is 107 Å². The lowest BCUT2D eigenvalue weighted by Crippen LogP contribution is -2.16. The van der Waals surface area contributed by atoms with Gasteiger partial charge in [0.25, 0.3) is 5.91 Å². The van der Waals surface area contributed by atoms with Gasteiger partial charge < -0.3 is 21.7 Å². The summed E-state index contributed by atoms with van der Waals surface area (Å²) in [6.07, 6.45) is 3.59. The van der Waals surface area contributed by atoms with E-state index in [1.54, 1.807) is 6.07 Å². The van der Waals surface area contributed by atoms with Crippen LogP contribution in [0.25, 0.3) is 0 Å². The van der Waals surface area contributed by atoms with E-state index in [4.69, 9.17) is 11.5 Å². The average molecular weight is 251 g/mol. The lowest BCUT2D eigenvalue weighted by molar-refractivity contribution is 0.100. The molecule has 0 radical (unpaired) electrons. The third-order valence-electron chi connectivity index (χ3n) is 2.54. The van der Waals surface area contributed by atoms with E-state index >= 15 is 0 Å². The van der Waals surface area contributed by atoms with E-state index in [0.717, 1.165) is 25.9 Å². The Bertz CT molecular complexity index is 405. The first-order chi connectivity index (χ1) is 8.50. The van der Waals surface area contributed by atoms with E-state index in [9.17, 15) is 4.79 Å². The van der Waals surface area contributed by atoms with E-state index in [1.165, 1.54) is 6.20 Å². The number of nitrogens with two attached hydrogens (primary N) is 2. The van der Waals surface area contributed by atoms with Gasteiger partial charge in [0.1, 0.15) is 5.82 Å². The number of hydrogen-bond donors (Lipinski definition) is 3. The molecule has 100 valence electrons. The number of rotatable bonds is 7. The molecule has 0 aliphatic heterocycles. The molecule has 5 N–H and O–H groups in total. The van der Waals surface area contributed by atoms with Crippen LogP contribution in [0.4, 0.5) is 11.5 Å². The first-order valence-corrected chi connectivity index (χ1v) is 5.94. The van der Waals surface area contributed by atoms with Crippen LogP contribution < -0.4 is 16.8 Å². The number of carbonyl (C=O) groups excluding carboxylic acids is 1. The summed E-state index contributed by atoms with van der Waals surface area (Å²) in [5.74, 6) is 0.0911. The van der Waals surface area contributed by atoms with Gasteiger partial charge in [0.2, 0.25) is 0 Å². The number of amides is 1. The fourth-order valence-electron chi connectivity index (χ4n) is 1.55. The highest BCUT2D eigenvalue weighted by Gasteiger charge is 2.07. The fourth-order valence-corrected chi connectivity index (χ4v) is 1.55. The van der Waals surface area contributed by atoms with Crippen molar-refractivity contribution in [2.75, 3.05) is 38.2 Å². The molecule has 0 saturated carbocycles. The number of nitrogens with zero attached hydrogens (tertiary/aromatic N) is 2. The van der Waals surface area contributed by atoms with Crippen molar-refractivity contribution in [3.63, 3.8) is 0 Å². The molecule has 0 aliphatic carbocycles. The molecule has 0 aliphatic rings. The van der Waals surface area contributed by atoms with Crippen molar-refractivity contribution < 1.29 is 4.79 Å². The lowest BCUT2D eigenvalue weighted by atomic mass is 10.2. The van der Waals surface area contributed by atoms with Gasteiger partial charge in [-0.25, -0.2) is 4.98 Å². The molecule has 0 aromatic carbocycles. The molecule has 0 unspecified atom stereocenters. The van der Waals surface area contributed by atoms with Crippen LogP contribution in [0, 0.1) is 0 Å². The summed E-state index contributed by atoms with van der Waals surface area (Å²) in [5, 5.41) is 3.15. The molecule has 1 rings (SSSR count). The van der Waals surface area contributed by atoms with Crippen LogP contribution in [0.2, 0.25) is 0 Å². The van der Waals surface area contributed by atoms with Gasteiger partial charge >= 0.3 is 0 Å². The average Bonchev–Trinajstić information content (AvgIpc) is 2.30. The lowest BCUT2D eigenvalue weighted by Gasteiger charge is -2.10. The van der Waals surface area contributed by atoms with Gasteiger partial charge in [0.05, 0.1) is 17.4 Å². The zero-order valence-electron chi connectivity index (χ0n) is 10.9. The first-order valence-electron chi connectivity index (χ1n) is 5.94. The molecule has 1 aromatic heterocycles. The largest absolute Gasteiger partial charge is 0.397 e. The van der Waals surface area contributed by atoms with Crippen molar-refractivity contribution in [3.8, 4) is 0 Å². The molecule has 0 bridgehead atoms. The van der Waals surface area contributed by atoms with E-state index in [-0.39, 0.29) is 0 Å². The summed E-state index contributed by atoms with van der Waals surface area (Å²) in [4.78, 5) is 17.4. The van der Waals surface area contributed by atoms with Crippen molar-refractivity contribution in [3.05, 3.63) is 17.8 Å². The second-order valence-electron chi connectivity index (χ2n) is 4.46. The van der Waals surface area contributed by atoms with Crippen LogP contribution in [0.3, 0.4) is 0 Å². The minimum absolute atomic E-state index is 0.306. The molecule has 1 heterocycles. The number of nitrogens with one attached hydrogen (secondary N) is 1. The second kappa shape index (κ2) is 6.80. The topological polar surface area (TPSA) is 97.3 Å². The van der Waals surface area contributed by atoms with Crippen molar-refractivity contribution in [1.29, 1.82) is 0 Å². The predicted octanol–water partition coefficient (Wildman–Crippen LogP) is 0.516. The van der Waals surface area contributed by atoms with Crippen LogP contribution >= 0.6 is 0 Å². The Morgan fingerprint density at radius 3 is 2.78 bits per heavy atom. The number of primary amides is 1. The quantitative estimate of drug-likeness (QED) is 0.614. The van der Waals surface area contributed by atoms with Crippen LogP contribution in [0.15, 0.2) is 12.3 Å². The van der Waals surface area contributed by atoms with Gasteiger partial charge in [-0.3, -0.25) is 4.79 Å². The minimum Gasteiger partial charge on any atom is -0.397 e. The van der Waals surface area contributed by atoms with Gasteiger partial charge in [-0.1, -0.05) is 0 Å². The van der Waals surface area contributed by atoms with Gasteiger partial charge in [-0.2, -0.15) is 0 Å². The standard InChI is InChI=1S/C12H21N5O/c1-17(2)6-4-3-5-15-11-7-9(12(14)18)10(13)8-16-11/h7-8H,3-6,13H2,1-2H3,(H2,14,18)(H,15,16). The first kappa shape index (κ1) is 14.2. The van der Waals surface area contributed by atoms with Crippen LogP contribution in [0.1, 0.15) is 23.2 Å². The Hall–Kier alpha value is -1.82. The molecular formula is C12H21N5O. The third kappa shape index (κ3) is 4.58.